The lowest BCUT2D eigenvalue weighted by atomic mass is 10.3. The van der Waals surface area contributed by atoms with Crippen molar-refractivity contribution in [2.75, 3.05) is 52.2 Å². The van der Waals surface area contributed by atoms with E-state index in [9.17, 15) is 4.79 Å². The second kappa shape index (κ2) is 9.96. The van der Waals surface area contributed by atoms with E-state index in [2.05, 4.69) is 5.32 Å². The lowest BCUT2D eigenvalue weighted by Crippen LogP contribution is -2.47. The Balaban J connectivity index is 0.00000256. The van der Waals surface area contributed by atoms with Crippen molar-refractivity contribution in [1.29, 1.82) is 0 Å². The average Bonchev–Trinajstić information content (AvgIpc) is 2.82. The summed E-state index contributed by atoms with van der Waals surface area (Å²) in [5.41, 5.74) is 0. The van der Waals surface area contributed by atoms with Crippen molar-refractivity contribution in [2.24, 2.45) is 0 Å². The van der Waals surface area contributed by atoms with Crippen LogP contribution in [0.4, 0.5) is 0 Å². The van der Waals surface area contributed by atoms with E-state index in [0.717, 1.165) is 11.6 Å². The van der Waals surface area contributed by atoms with Crippen LogP contribution >= 0.6 is 24.2 Å². The fraction of sp³-hybridized carbons (Fsp3) is 0.900. The third kappa shape index (κ3) is 5.92. The lowest BCUT2D eigenvalue weighted by molar-refractivity contribution is -0.133. The molecular formula is C10H21ClN2O3S. The number of carbonyl (C=O) groups excluding carboxylic acids is 1. The van der Waals surface area contributed by atoms with Crippen molar-refractivity contribution in [3.05, 3.63) is 0 Å². The van der Waals surface area contributed by atoms with Gasteiger partial charge in [0.2, 0.25) is 5.91 Å². The number of rotatable bonds is 7. The molecule has 1 heterocycles. The molecule has 0 saturated carbocycles. The number of methoxy groups -OCH3 is 2. The molecule has 0 aromatic rings. The van der Waals surface area contributed by atoms with Crippen LogP contribution in [0.15, 0.2) is 0 Å². The van der Waals surface area contributed by atoms with Crippen molar-refractivity contribution in [3.63, 3.8) is 0 Å². The van der Waals surface area contributed by atoms with Crippen molar-refractivity contribution >= 4 is 30.1 Å². The fourth-order valence-corrected chi connectivity index (χ4v) is 2.44. The van der Waals surface area contributed by atoms with Crippen LogP contribution in [0.25, 0.3) is 0 Å². The van der Waals surface area contributed by atoms with Gasteiger partial charge in [-0.05, 0) is 0 Å². The predicted molar refractivity (Wildman–Crippen MR) is 71.8 cm³/mol. The predicted octanol–water partition coefficient (Wildman–Crippen LogP) is 0.192. The minimum atomic E-state index is -0.0429. The van der Waals surface area contributed by atoms with Gasteiger partial charge in [0.15, 0.2) is 0 Å². The van der Waals surface area contributed by atoms with Crippen LogP contribution in [0.2, 0.25) is 0 Å². The molecule has 102 valence electrons. The Labute approximate surface area is 113 Å². The maximum absolute atomic E-state index is 12.1. The molecule has 0 bridgehead atoms. The zero-order valence-corrected chi connectivity index (χ0v) is 11.9. The van der Waals surface area contributed by atoms with Gasteiger partial charge in [-0.15, -0.1) is 24.2 Å². The number of halogens is 1. The van der Waals surface area contributed by atoms with Gasteiger partial charge >= 0.3 is 0 Å². The van der Waals surface area contributed by atoms with Crippen LogP contribution < -0.4 is 5.32 Å². The highest BCUT2D eigenvalue weighted by Gasteiger charge is 2.26. The SMILES string of the molecule is COCCN(CCOC)C(=O)C1CSCN1.Cl. The molecule has 17 heavy (non-hydrogen) atoms. The molecule has 1 N–H and O–H groups in total. The molecule has 5 nitrogen and oxygen atoms in total. The van der Waals surface area contributed by atoms with E-state index >= 15 is 0 Å². The molecule has 1 aliphatic heterocycles. The van der Waals surface area contributed by atoms with E-state index in [1.165, 1.54) is 0 Å². The maximum Gasteiger partial charge on any atom is 0.240 e. The first-order valence-corrected chi connectivity index (χ1v) is 6.53. The number of thioether (sulfide) groups is 1. The Morgan fingerprint density at radius 1 is 1.35 bits per heavy atom. The highest BCUT2D eigenvalue weighted by molar-refractivity contribution is 7.99. The number of nitrogens with zero attached hydrogens (tertiary/aromatic N) is 1. The van der Waals surface area contributed by atoms with Gasteiger partial charge in [0.25, 0.3) is 0 Å². The molecule has 1 saturated heterocycles. The third-order valence-electron chi connectivity index (χ3n) is 2.46. The molecule has 0 spiro atoms. The summed E-state index contributed by atoms with van der Waals surface area (Å²) in [5, 5.41) is 3.18. The van der Waals surface area contributed by atoms with E-state index in [1.807, 2.05) is 0 Å². The van der Waals surface area contributed by atoms with Crippen LogP contribution in [0.3, 0.4) is 0 Å². The van der Waals surface area contributed by atoms with Gasteiger partial charge in [-0.2, -0.15) is 0 Å². The number of hydrogen-bond donors (Lipinski definition) is 1. The summed E-state index contributed by atoms with van der Waals surface area (Å²) in [6.07, 6.45) is 0. The summed E-state index contributed by atoms with van der Waals surface area (Å²) in [6.45, 7) is 2.38. The monoisotopic (exact) mass is 284 g/mol. The van der Waals surface area contributed by atoms with Crippen molar-refractivity contribution < 1.29 is 14.3 Å². The highest BCUT2D eigenvalue weighted by Crippen LogP contribution is 2.11. The van der Waals surface area contributed by atoms with E-state index in [4.69, 9.17) is 9.47 Å². The van der Waals surface area contributed by atoms with Gasteiger partial charge in [0.05, 0.1) is 19.3 Å². The van der Waals surface area contributed by atoms with Crippen molar-refractivity contribution in [2.45, 2.75) is 6.04 Å². The van der Waals surface area contributed by atoms with E-state index < -0.39 is 0 Å². The Bertz CT molecular complexity index is 208. The smallest absolute Gasteiger partial charge is 0.240 e. The van der Waals surface area contributed by atoms with Gasteiger partial charge in [0.1, 0.15) is 0 Å². The van der Waals surface area contributed by atoms with Crippen LogP contribution in [-0.4, -0.2) is 69.0 Å². The number of nitrogens with one attached hydrogen (secondary N) is 1. The first-order chi connectivity index (χ1) is 7.79. The lowest BCUT2D eigenvalue weighted by Gasteiger charge is -2.24. The number of carbonyl (C=O) groups is 1. The van der Waals surface area contributed by atoms with Crippen LogP contribution in [0.1, 0.15) is 0 Å². The number of ether oxygens (including phenoxy) is 2. The zero-order valence-electron chi connectivity index (χ0n) is 10.3. The third-order valence-corrected chi connectivity index (χ3v) is 3.40. The number of amides is 1. The summed E-state index contributed by atoms with van der Waals surface area (Å²) >= 11 is 1.75. The Hall–Kier alpha value is -0.0100. The summed E-state index contributed by atoms with van der Waals surface area (Å²) in [7, 11) is 3.28. The average molecular weight is 285 g/mol. The van der Waals surface area contributed by atoms with Crippen LogP contribution in [0.5, 0.6) is 0 Å². The Morgan fingerprint density at radius 3 is 2.35 bits per heavy atom. The first-order valence-electron chi connectivity index (χ1n) is 5.37. The second-order valence-electron chi connectivity index (χ2n) is 3.58. The van der Waals surface area contributed by atoms with E-state index in [-0.39, 0.29) is 24.4 Å². The minimum Gasteiger partial charge on any atom is -0.383 e. The van der Waals surface area contributed by atoms with Crippen molar-refractivity contribution in [3.8, 4) is 0 Å². The number of hydrogen-bond acceptors (Lipinski definition) is 5. The molecule has 1 rings (SSSR count). The first kappa shape index (κ1) is 17.0. The molecule has 1 aliphatic rings. The quantitative estimate of drug-likeness (QED) is 0.723. The Kier molecular flexibility index (Phi) is 9.96. The summed E-state index contributed by atoms with van der Waals surface area (Å²) in [6, 6.07) is -0.0429. The molecular weight excluding hydrogens is 264 g/mol. The van der Waals surface area contributed by atoms with Gasteiger partial charge in [0, 0.05) is 38.9 Å². The molecule has 0 aromatic heterocycles. The molecule has 0 aliphatic carbocycles. The van der Waals surface area contributed by atoms with Gasteiger partial charge in [-0.3, -0.25) is 10.1 Å². The van der Waals surface area contributed by atoms with Gasteiger partial charge in [-0.25, -0.2) is 0 Å². The normalized spacial score (nSPS) is 18.8. The van der Waals surface area contributed by atoms with Crippen LogP contribution in [0, 0.1) is 0 Å². The molecule has 1 unspecified atom stereocenters. The summed E-state index contributed by atoms with van der Waals surface area (Å²) in [4.78, 5) is 13.9. The highest BCUT2D eigenvalue weighted by atomic mass is 35.5. The maximum atomic E-state index is 12.1. The Morgan fingerprint density at radius 2 is 1.94 bits per heavy atom. The van der Waals surface area contributed by atoms with Gasteiger partial charge in [-0.1, -0.05) is 0 Å². The molecule has 0 radical (unpaired) electrons. The summed E-state index contributed by atoms with van der Waals surface area (Å²) < 4.78 is 10.0. The molecule has 0 aromatic carbocycles. The van der Waals surface area contributed by atoms with Crippen molar-refractivity contribution in [1.82, 2.24) is 10.2 Å². The van der Waals surface area contributed by atoms with Gasteiger partial charge < -0.3 is 14.4 Å². The van der Waals surface area contributed by atoms with E-state index in [1.54, 1.807) is 30.9 Å². The minimum absolute atomic E-state index is 0. The molecule has 7 heteroatoms. The fourth-order valence-electron chi connectivity index (χ4n) is 1.51. The molecule has 1 atom stereocenters. The topological polar surface area (TPSA) is 50.8 Å². The van der Waals surface area contributed by atoms with E-state index in [0.29, 0.717) is 26.3 Å². The largest absolute Gasteiger partial charge is 0.383 e. The summed E-state index contributed by atoms with van der Waals surface area (Å²) in [5.74, 6) is 1.87. The second-order valence-corrected chi connectivity index (χ2v) is 4.61. The molecule has 1 amide bonds. The standard InChI is InChI=1S/C10H20N2O3S.ClH/c1-14-5-3-12(4-6-15-2)10(13)9-7-16-8-11-9;/h9,11H,3-8H2,1-2H3;1H. The zero-order chi connectivity index (χ0) is 11.8. The van der Waals surface area contributed by atoms with Crippen LogP contribution in [-0.2, 0) is 14.3 Å². The molecule has 1 fully saturated rings.